The Morgan fingerprint density at radius 3 is 1.28 bits per heavy atom. The molecule has 0 radical (unpaired) electrons. The van der Waals surface area contributed by atoms with Gasteiger partial charge in [-0.2, -0.15) is 0 Å². The molecule has 4 unspecified atom stereocenters. The summed E-state index contributed by atoms with van der Waals surface area (Å²) in [4.78, 5) is 138. The van der Waals surface area contributed by atoms with Crippen molar-refractivity contribution in [2.45, 2.75) is 49.1 Å². The van der Waals surface area contributed by atoms with E-state index >= 15 is 0 Å². The number of nitrogen functional groups attached to an aromatic ring is 4. The third-order valence-electron chi connectivity index (χ3n) is 10.5. The van der Waals surface area contributed by atoms with Gasteiger partial charge < -0.3 is 109 Å². The number of phosphoric acid groups is 6. The maximum atomic E-state index is 12.9. The SMILES string of the molecule is Nc1ccc(Cl)cc1C(=O)O[C@@H]1[C@H](O)[C@@H](COP(=O)([O-])OP(=O)([O-])OP(=O)([O-])[O-])O[C@H]1n1cnc2c(N)ncnc21.Nc1ccc(Cl)cc1C(=O)O[C@H]1[C@@H](O)[C@H](n2cnc3c(N)ncnc32)O[C@@H]1COP(=O)([O-])OP(=O)([O-])OP(=O)([O-])[O-].[Na+].[Na+].[Na+].[Na+].[Na+].[Na+].[Na+].[Na+]. The molecular weight excluding hydrogens is 1470 g/mol. The number of benzene rings is 2. The normalized spacial score (nSPS) is 22.0. The summed E-state index contributed by atoms with van der Waals surface area (Å²) in [6.07, 6.45) is -8.93. The van der Waals surface area contributed by atoms with Crippen LogP contribution in [0.2, 0.25) is 10.0 Å². The van der Waals surface area contributed by atoms with Crippen molar-refractivity contribution in [1.82, 2.24) is 39.0 Å². The molecule has 0 amide bonds. The summed E-state index contributed by atoms with van der Waals surface area (Å²) in [5.41, 5.74) is 22.9. The number of hydrogen-bond acceptors (Lipinski definition) is 38. The maximum Gasteiger partial charge on any atom is 1.00 e. The van der Waals surface area contributed by atoms with Gasteiger partial charge in [0.2, 0.25) is 0 Å². The van der Waals surface area contributed by atoms with Gasteiger partial charge in [0.15, 0.2) is 47.6 Å². The van der Waals surface area contributed by atoms with Gasteiger partial charge in [-0.3, -0.25) is 36.0 Å². The summed E-state index contributed by atoms with van der Waals surface area (Å²) in [6.45, 7) is -2.37. The minimum absolute atomic E-state index is 0. The number of phosphoric ester groups is 2. The fourth-order valence-corrected chi connectivity index (χ4v) is 13.3. The van der Waals surface area contributed by atoms with E-state index in [4.69, 9.17) is 65.1 Å². The van der Waals surface area contributed by atoms with Gasteiger partial charge in [0.05, 0.1) is 52.6 Å². The van der Waals surface area contributed by atoms with Crippen molar-refractivity contribution in [2.75, 3.05) is 36.1 Å². The van der Waals surface area contributed by atoms with Crippen LogP contribution in [0.5, 0.6) is 0 Å². The van der Waals surface area contributed by atoms with Crippen LogP contribution >= 0.6 is 70.1 Å². The number of nitrogens with zero attached hydrogens (tertiary/aromatic N) is 8. The van der Waals surface area contributed by atoms with E-state index in [0.717, 1.165) is 35.9 Å². The quantitative estimate of drug-likeness (QED) is 0.0179. The zero-order valence-corrected chi connectivity index (χ0v) is 70.5. The van der Waals surface area contributed by atoms with Crippen LogP contribution in [0.15, 0.2) is 61.7 Å². The van der Waals surface area contributed by atoms with Crippen LogP contribution in [0, 0.1) is 0 Å². The molecule has 0 spiro atoms. The van der Waals surface area contributed by atoms with Crippen LogP contribution in [-0.4, -0.2) is 111 Å². The Bertz CT molecular complexity index is 3750. The summed E-state index contributed by atoms with van der Waals surface area (Å²) in [7, 11) is -36.9. The van der Waals surface area contributed by atoms with Crippen molar-refractivity contribution in [1.29, 1.82) is 0 Å². The molecule has 2 fully saturated rings. The molecule has 448 valence electrons. The van der Waals surface area contributed by atoms with Gasteiger partial charge in [0.1, 0.15) is 48.1 Å². The number of carbonyl (C=O) groups excluding carboxylic acids is 2. The molecule has 12 atom stereocenters. The summed E-state index contributed by atoms with van der Waals surface area (Å²) < 4.78 is 114. The molecule has 0 bridgehead atoms. The summed E-state index contributed by atoms with van der Waals surface area (Å²) in [5.74, 6) is -2.28. The Hall–Kier alpha value is 2.92. The number of rotatable bonds is 20. The molecule has 2 saturated heterocycles. The zero-order valence-electron chi connectivity index (χ0n) is 47.6. The topological polar surface area (TPSA) is 645 Å². The average molecular weight is 1500 g/mol. The molecule has 0 saturated carbocycles. The average Bonchev–Trinajstić information content (AvgIpc) is 1.64. The van der Waals surface area contributed by atoms with E-state index in [1.807, 2.05) is 0 Å². The molecule has 6 heterocycles. The molecule has 0 aliphatic carbocycles. The molecule has 2 aliphatic heterocycles. The van der Waals surface area contributed by atoms with Crippen LogP contribution in [0.3, 0.4) is 0 Å². The van der Waals surface area contributed by atoms with Gasteiger partial charge in [-0.05, 0) is 36.4 Å². The van der Waals surface area contributed by atoms with Crippen molar-refractivity contribution in [3.05, 3.63) is 82.9 Å². The second kappa shape index (κ2) is 39.4. The monoisotopic (exact) mass is 1500 g/mol. The molecule has 2 aliphatic rings. The molecule has 56 heteroatoms. The number of nitrogens with two attached hydrogens (primary N) is 4. The minimum Gasteiger partial charge on any atom is -0.790 e. The van der Waals surface area contributed by atoms with Gasteiger partial charge >= 0.3 is 248 Å². The number of anilines is 4. The smallest absolute Gasteiger partial charge is 0.790 e. The number of esters is 2. The molecular formula is C34H32Cl2N12Na8O28P6. The van der Waals surface area contributed by atoms with Crippen LogP contribution < -0.4 is 299 Å². The van der Waals surface area contributed by atoms with Gasteiger partial charge in [0, 0.05) is 21.4 Å². The number of aliphatic hydroxyl groups excluding tert-OH is 2. The Labute approximate surface area is 691 Å². The van der Waals surface area contributed by atoms with E-state index in [-0.39, 0.29) is 303 Å². The predicted octanol–water partition coefficient (Wildman–Crippen LogP) is -28.1. The van der Waals surface area contributed by atoms with Gasteiger partial charge in [0.25, 0.3) is 31.3 Å². The fourth-order valence-electron chi connectivity index (χ4n) is 7.23. The van der Waals surface area contributed by atoms with E-state index in [1.54, 1.807) is 0 Å². The zero-order chi connectivity index (χ0) is 60.7. The minimum atomic E-state index is -6.26. The van der Waals surface area contributed by atoms with Crippen LogP contribution in [0.4, 0.5) is 23.0 Å². The number of fused-ring (bicyclic) bond motifs is 2. The van der Waals surface area contributed by atoms with Crippen molar-refractivity contribution in [3.63, 3.8) is 0 Å². The third kappa shape index (κ3) is 26.4. The number of carbonyl (C=O) groups is 2. The van der Waals surface area contributed by atoms with Crippen molar-refractivity contribution in [3.8, 4) is 0 Å². The molecule has 4 aromatic heterocycles. The number of imidazole rings is 2. The largest absolute Gasteiger partial charge is 1.00 e. The van der Waals surface area contributed by atoms with Crippen LogP contribution in [0.25, 0.3) is 22.3 Å². The van der Waals surface area contributed by atoms with Crippen LogP contribution in [-0.2, 0) is 72.6 Å². The second-order valence-electron chi connectivity index (χ2n) is 16.1. The summed E-state index contributed by atoms with van der Waals surface area (Å²) >= 11 is 11.8. The van der Waals surface area contributed by atoms with Gasteiger partial charge in [-0.1, -0.05) is 23.2 Å². The third-order valence-corrected chi connectivity index (χ3v) is 18.3. The van der Waals surface area contributed by atoms with E-state index in [1.165, 1.54) is 34.9 Å². The van der Waals surface area contributed by atoms with E-state index in [2.05, 4.69) is 56.2 Å². The van der Waals surface area contributed by atoms with Crippen LogP contribution in [0.1, 0.15) is 33.2 Å². The standard InChI is InChI=1S/2C17H20ClN6O14P3.8Na/c18-7-1-2-9(19)8(3-7)17(26)36-13-10(4-34-40(30,31)38-41(32,33)37-39(27,28)29)35-16(12(13)25)24-6-23-11-14(20)21-5-22-15(11)24;18-7-1-2-9(19)8(3-7)17(26)36-13-12(25)10(4-34-40(30,31)38-41(32,33)37-39(27,28)29)35-16(13)24-6-23-11-14(20)21-5-22-15(11)24;;;;;;;;/h2*1-3,5-6,10,12-13,16,25H,4,19H2,(H,30,31)(H,32,33)(H2,20,21,22)(H2,27,28,29);;;;;;;;/q;;8*+1/p-8/t2*10-,12-,13-,16-;;;;;;;;/m11......../s1. The second-order valence-corrected chi connectivity index (χ2v) is 25.5. The number of halogens is 2. The van der Waals surface area contributed by atoms with Crippen molar-refractivity contribution < 1.29 is 368 Å². The van der Waals surface area contributed by atoms with Crippen molar-refractivity contribution >= 4 is 127 Å². The van der Waals surface area contributed by atoms with Crippen molar-refractivity contribution in [2.24, 2.45) is 0 Å². The number of ether oxygens (including phenoxy) is 4. The summed E-state index contributed by atoms with van der Waals surface area (Å²) in [5, 5.41) is 22.2. The Morgan fingerprint density at radius 2 is 0.878 bits per heavy atom. The molecule has 40 nitrogen and oxygen atoms in total. The van der Waals surface area contributed by atoms with Gasteiger partial charge in [-0.25, -0.2) is 48.1 Å². The predicted molar refractivity (Wildman–Crippen MR) is 251 cm³/mol. The van der Waals surface area contributed by atoms with E-state index < -0.39 is 121 Å². The molecule has 10 N–H and O–H groups in total. The first-order valence-corrected chi connectivity index (χ1v) is 30.9. The first-order valence-electron chi connectivity index (χ1n) is 21.4. The van der Waals surface area contributed by atoms with E-state index in [9.17, 15) is 86.3 Å². The fraction of sp³-hybridized carbons (Fsp3) is 0.294. The number of hydrogen-bond donors (Lipinski definition) is 6. The first kappa shape index (κ1) is 95.0. The Kier molecular flexibility index (Phi) is 41.5. The Morgan fingerprint density at radius 1 is 0.511 bits per heavy atom. The maximum absolute atomic E-state index is 12.9. The number of aromatic nitrogens is 8. The Balaban J connectivity index is 0. The number of aliphatic hydroxyl groups is 2. The van der Waals surface area contributed by atoms with E-state index in [0.29, 0.717) is 0 Å². The van der Waals surface area contributed by atoms with Gasteiger partial charge in [-0.15, -0.1) is 0 Å². The first-order chi connectivity index (χ1) is 37.9. The molecule has 6 aromatic rings. The molecule has 2 aromatic carbocycles. The molecule has 8 rings (SSSR count). The summed E-state index contributed by atoms with van der Waals surface area (Å²) in [6, 6.07) is 7.75. The molecule has 90 heavy (non-hydrogen) atoms.